The number of alkyl halides is 6. The van der Waals surface area contributed by atoms with Gasteiger partial charge in [0.25, 0.3) is 0 Å². The van der Waals surface area contributed by atoms with Crippen LogP contribution >= 0.6 is 0 Å². The summed E-state index contributed by atoms with van der Waals surface area (Å²) in [5, 5.41) is 9.48. The van der Waals surface area contributed by atoms with Gasteiger partial charge in [-0.2, -0.15) is 26.3 Å². The van der Waals surface area contributed by atoms with Gasteiger partial charge in [-0.25, -0.2) is 4.39 Å². The molecule has 0 aromatic heterocycles. The van der Waals surface area contributed by atoms with Gasteiger partial charge in [-0.1, -0.05) is 42.5 Å². The fourth-order valence-corrected chi connectivity index (χ4v) is 2.20. The van der Waals surface area contributed by atoms with E-state index in [2.05, 4.69) is 0 Å². The highest BCUT2D eigenvalue weighted by atomic mass is 19.4. The maximum Gasteiger partial charge on any atom is 0.421 e. The van der Waals surface area contributed by atoms with Crippen LogP contribution in [0.2, 0.25) is 0 Å². The fourth-order valence-electron chi connectivity index (χ4n) is 2.20. The topological polar surface area (TPSA) is 20.2 Å². The van der Waals surface area contributed by atoms with Crippen LogP contribution in [-0.4, -0.2) is 23.6 Å². The molecule has 1 aliphatic rings. The molecular formula is C15H9F7O. The summed E-state index contributed by atoms with van der Waals surface area (Å²) in [5.74, 6) is -1.75. The van der Waals surface area contributed by atoms with Crippen molar-refractivity contribution in [3.63, 3.8) is 0 Å². The van der Waals surface area contributed by atoms with Crippen LogP contribution in [0.4, 0.5) is 30.7 Å². The van der Waals surface area contributed by atoms with E-state index < -0.39 is 41.0 Å². The predicted molar refractivity (Wildman–Crippen MR) is 68.8 cm³/mol. The number of aliphatic hydroxyl groups is 1. The lowest BCUT2D eigenvalue weighted by molar-refractivity contribution is -0.174. The molecule has 1 nitrogen and oxygen atoms in total. The Bertz CT molecular complexity index is 662. The van der Waals surface area contributed by atoms with Crippen LogP contribution in [0.5, 0.6) is 0 Å². The number of rotatable bonds is 1. The van der Waals surface area contributed by atoms with E-state index in [1.807, 2.05) is 0 Å². The molecule has 1 unspecified atom stereocenters. The van der Waals surface area contributed by atoms with Crippen molar-refractivity contribution in [1.29, 1.82) is 0 Å². The Morgan fingerprint density at radius 2 is 1.43 bits per heavy atom. The maximum absolute atomic E-state index is 14.4. The molecule has 0 aliphatic heterocycles. The minimum absolute atomic E-state index is 0.0920. The Kier molecular flexibility index (Phi) is 4.39. The maximum atomic E-state index is 14.4. The van der Waals surface area contributed by atoms with Crippen molar-refractivity contribution in [3.05, 3.63) is 65.0 Å². The Labute approximate surface area is 126 Å². The van der Waals surface area contributed by atoms with Gasteiger partial charge in [-0.15, -0.1) is 0 Å². The summed E-state index contributed by atoms with van der Waals surface area (Å²) < 4.78 is 91.0. The van der Waals surface area contributed by atoms with Gasteiger partial charge in [-0.3, -0.25) is 0 Å². The number of hydrogen-bond acceptors (Lipinski definition) is 1. The van der Waals surface area contributed by atoms with Crippen LogP contribution in [0, 0.1) is 0 Å². The Hall–Kier alpha value is -2.09. The average molecular weight is 338 g/mol. The minimum Gasteiger partial charge on any atom is -0.384 e. The summed E-state index contributed by atoms with van der Waals surface area (Å²) in [6, 6.07) is 7.11. The van der Waals surface area contributed by atoms with E-state index >= 15 is 0 Å². The minimum atomic E-state index is -5.86. The lowest BCUT2D eigenvalue weighted by Gasteiger charge is -2.24. The average Bonchev–Trinajstić information content (AvgIpc) is 2.41. The fraction of sp³-hybridized carbons (Fsp3) is 0.200. The molecule has 23 heavy (non-hydrogen) atoms. The van der Waals surface area contributed by atoms with Gasteiger partial charge in [-0.05, 0) is 5.56 Å². The first kappa shape index (κ1) is 17.3. The van der Waals surface area contributed by atoms with E-state index in [0.717, 1.165) is 6.08 Å². The highest BCUT2D eigenvalue weighted by Crippen LogP contribution is 2.46. The molecule has 1 aromatic rings. The standard InChI is InChI=1S/C15H9F7O/c16-12-9(8-4-2-1-3-5-8)6-7-10(23)11(12)13(14(17,18)19)15(20,21)22/h1-7,10,23H. The zero-order valence-corrected chi connectivity index (χ0v) is 11.2. The monoisotopic (exact) mass is 338 g/mol. The number of halogens is 7. The Balaban J connectivity index is 2.76. The zero-order chi connectivity index (χ0) is 17.4. The molecule has 8 heteroatoms. The quantitative estimate of drug-likeness (QED) is 0.735. The first-order valence-electron chi connectivity index (χ1n) is 6.24. The van der Waals surface area contributed by atoms with Crippen molar-refractivity contribution < 1.29 is 35.8 Å². The van der Waals surface area contributed by atoms with Gasteiger partial charge in [0.15, 0.2) is 0 Å². The normalized spacial score (nSPS) is 19.3. The molecule has 1 atom stereocenters. The van der Waals surface area contributed by atoms with Crippen LogP contribution < -0.4 is 0 Å². The zero-order valence-electron chi connectivity index (χ0n) is 11.2. The van der Waals surface area contributed by atoms with Gasteiger partial charge in [0.05, 0.1) is 0 Å². The van der Waals surface area contributed by atoms with Crippen molar-refractivity contribution in [2.24, 2.45) is 0 Å². The second-order valence-electron chi connectivity index (χ2n) is 4.68. The first-order chi connectivity index (χ1) is 10.5. The second-order valence-corrected chi connectivity index (χ2v) is 4.68. The highest BCUT2D eigenvalue weighted by molar-refractivity contribution is 5.81. The van der Waals surface area contributed by atoms with E-state index in [-0.39, 0.29) is 5.56 Å². The molecule has 0 radical (unpaired) electrons. The van der Waals surface area contributed by atoms with E-state index in [1.165, 1.54) is 24.3 Å². The van der Waals surface area contributed by atoms with Gasteiger partial charge in [0.2, 0.25) is 0 Å². The summed E-state index contributed by atoms with van der Waals surface area (Å²) in [7, 11) is 0. The van der Waals surface area contributed by atoms with Gasteiger partial charge in [0, 0.05) is 11.1 Å². The third kappa shape index (κ3) is 3.47. The molecule has 1 aliphatic carbocycles. The third-order valence-electron chi connectivity index (χ3n) is 3.13. The number of hydrogen-bond donors (Lipinski definition) is 1. The second kappa shape index (κ2) is 5.84. The van der Waals surface area contributed by atoms with Crippen LogP contribution in [0.15, 0.2) is 59.5 Å². The molecule has 0 heterocycles. The largest absolute Gasteiger partial charge is 0.421 e. The van der Waals surface area contributed by atoms with Gasteiger partial charge >= 0.3 is 12.4 Å². The Morgan fingerprint density at radius 3 is 1.91 bits per heavy atom. The molecule has 0 fully saturated rings. The summed E-state index contributed by atoms with van der Waals surface area (Å²) >= 11 is 0. The summed E-state index contributed by atoms with van der Waals surface area (Å²) in [6.45, 7) is 0. The molecule has 1 N–H and O–H groups in total. The van der Waals surface area contributed by atoms with E-state index in [4.69, 9.17) is 0 Å². The van der Waals surface area contributed by atoms with E-state index in [0.29, 0.717) is 6.08 Å². The molecule has 0 spiro atoms. The van der Waals surface area contributed by atoms with Crippen LogP contribution in [-0.2, 0) is 0 Å². The molecule has 1 aromatic carbocycles. The smallest absolute Gasteiger partial charge is 0.384 e. The van der Waals surface area contributed by atoms with Crippen molar-refractivity contribution in [1.82, 2.24) is 0 Å². The molecule has 124 valence electrons. The summed E-state index contributed by atoms with van der Waals surface area (Å²) in [5.41, 5.74) is -5.25. The van der Waals surface area contributed by atoms with E-state index in [9.17, 15) is 35.8 Å². The number of allylic oxidation sites excluding steroid dienone is 3. The van der Waals surface area contributed by atoms with Gasteiger partial charge < -0.3 is 5.11 Å². The van der Waals surface area contributed by atoms with Crippen LogP contribution in [0.3, 0.4) is 0 Å². The molecule has 2 rings (SSSR count). The molecule has 0 saturated carbocycles. The Morgan fingerprint density at radius 1 is 0.913 bits per heavy atom. The first-order valence-corrected chi connectivity index (χ1v) is 6.24. The van der Waals surface area contributed by atoms with E-state index in [1.54, 1.807) is 6.07 Å². The van der Waals surface area contributed by atoms with Gasteiger partial charge in [0.1, 0.15) is 17.5 Å². The molecule has 0 bridgehead atoms. The number of benzene rings is 1. The third-order valence-corrected chi connectivity index (χ3v) is 3.13. The highest BCUT2D eigenvalue weighted by Gasteiger charge is 2.54. The van der Waals surface area contributed by atoms with Crippen molar-refractivity contribution >= 4 is 5.57 Å². The lowest BCUT2D eigenvalue weighted by atomic mass is 9.90. The van der Waals surface area contributed by atoms with Crippen molar-refractivity contribution in [2.45, 2.75) is 18.5 Å². The van der Waals surface area contributed by atoms with Crippen molar-refractivity contribution in [2.75, 3.05) is 0 Å². The summed E-state index contributed by atoms with van der Waals surface area (Å²) in [4.78, 5) is 0. The SMILES string of the molecule is OC1C=CC(c2ccccc2)=C(F)C1=C(C(F)(F)F)C(F)(F)F. The summed E-state index contributed by atoms with van der Waals surface area (Å²) in [6.07, 6.45) is -12.4. The van der Waals surface area contributed by atoms with Crippen LogP contribution in [0.25, 0.3) is 5.57 Å². The lowest BCUT2D eigenvalue weighted by Crippen LogP contribution is -2.31. The molecule has 0 saturated heterocycles. The molecular weight excluding hydrogens is 329 g/mol. The van der Waals surface area contributed by atoms with Crippen molar-refractivity contribution in [3.8, 4) is 0 Å². The number of aliphatic hydroxyl groups excluding tert-OH is 1. The predicted octanol–water partition coefficient (Wildman–Crippen LogP) is 4.72. The van der Waals surface area contributed by atoms with Crippen LogP contribution in [0.1, 0.15) is 5.56 Å². The molecule has 0 amide bonds.